The molecule has 3 heteroatoms. The summed E-state index contributed by atoms with van der Waals surface area (Å²) < 4.78 is 10.2. The molecule has 0 aliphatic heterocycles. The lowest BCUT2D eigenvalue weighted by Gasteiger charge is -2.19. The molecule has 0 heterocycles. The van der Waals surface area contributed by atoms with Gasteiger partial charge in [-0.05, 0) is 13.8 Å². The van der Waals surface area contributed by atoms with Crippen LogP contribution < -0.4 is 0 Å². The molecule has 0 aromatic heterocycles. The first kappa shape index (κ1) is 10.6. The van der Waals surface area contributed by atoms with Crippen molar-refractivity contribution in [1.82, 2.24) is 0 Å². The van der Waals surface area contributed by atoms with Gasteiger partial charge in [-0.2, -0.15) is 0 Å². The fourth-order valence-electron chi connectivity index (χ4n) is 0.685. The van der Waals surface area contributed by atoms with Crippen LogP contribution >= 0.6 is 0 Å². The van der Waals surface area contributed by atoms with Gasteiger partial charge in [-0.15, -0.1) is 6.58 Å². The van der Waals surface area contributed by atoms with E-state index in [4.69, 9.17) is 9.47 Å². The Morgan fingerprint density at radius 1 is 1.36 bits per heavy atom. The van der Waals surface area contributed by atoms with Crippen LogP contribution in [0.3, 0.4) is 0 Å². The van der Waals surface area contributed by atoms with E-state index in [1.54, 1.807) is 0 Å². The second-order valence-corrected chi connectivity index (χ2v) is 2.01. The molecule has 0 aliphatic rings. The molecule has 3 nitrogen and oxygen atoms in total. The van der Waals surface area contributed by atoms with Gasteiger partial charge in [0.15, 0.2) is 6.29 Å². The van der Waals surface area contributed by atoms with E-state index >= 15 is 0 Å². The molecular formula is C8H16O3. The molecule has 0 spiro atoms. The Morgan fingerprint density at radius 2 is 1.82 bits per heavy atom. The van der Waals surface area contributed by atoms with Gasteiger partial charge in [0, 0.05) is 13.2 Å². The Labute approximate surface area is 67.6 Å². The molecule has 66 valence electrons. The number of hydrogen-bond donors (Lipinski definition) is 1. The van der Waals surface area contributed by atoms with E-state index < -0.39 is 12.4 Å². The number of rotatable bonds is 6. The van der Waals surface area contributed by atoms with Crippen molar-refractivity contribution in [2.45, 2.75) is 26.2 Å². The fourth-order valence-corrected chi connectivity index (χ4v) is 0.685. The van der Waals surface area contributed by atoms with E-state index in [1.807, 2.05) is 13.8 Å². The van der Waals surface area contributed by atoms with Gasteiger partial charge < -0.3 is 14.6 Å². The van der Waals surface area contributed by atoms with Crippen LogP contribution in [-0.2, 0) is 9.47 Å². The van der Waals surface area contributed by atoms with Crippen molar-refractivity contribution < 1.29 is 14.6 Å². The summed E-state index contributed by atoms with van der Waals surface area (Å²) in [6.07, 6.45) is 0.0908. The van der Waals surface area contributed by atoms with E-state index in [9.17, 15) is 5.11 Å². The molecule has 0 amide bonds. The molecule has 0 radical (unpaired) electrons. The zero-order valence-electron chi connectivity index (χ0n) is 7.12. The van der Waals surface area contributed by atoms with Crippen LogP contribution in [0.15, 0.2) is 12.7 Å². The Hall–Kier alpha value is -0.380. The molecule has 0 unspecified atom stereocenters. The van der Waals surface area contributed by atoms with Crippen LogP contribution in [0.25, 0.3) is 0 Å². The van der Waals surface area contributed by atoms with Crippen LogP contribution in [0.2, 0.25) is 0 Å². The number of aliphatic hydroxyl groups is 1. The third-order valence-corrected chi connectivity index (χ3v) is 1.18. The first-order valence-electron chi connectivity index (χ1n) is 3.80. The molecule has 0 aliphatic carbocycles. The minimum Gasteiger partial charge on any atom is -0.384 e. The maximum Gasteiger partial charge on any atom is 0.186 e. The quantitative estimate of drug-likeness (QED) is 0.464. The lowest BCUT2D eigenvalue weighted by molar-refractivity contribution is -0.177. The minimum atomic E-state index is -0.741. The summed E-state index contributed by atoms with van der Waals surface area (Å²) in [7, 11) is 0. The van der Waals surface area contributed by atoms with Crippen molar-refractivity contribution in [1.29, 1.82) is 0 Å². The van der Waals surface area contributed by atoms with Gasteiger partial charge in [0.2, 0.25) is 0 Å². The molecule has 0 saturated heterocycles. The summed E-state index contributed by atoms with van der Waals surface area (Å²) in [4.78, 5) is 0. The highest BCUT2D eigenvalue weighted by atomic mass is 16.7. The van der Waals surface area contributed by atoms with Gasteiger partial charge in [-0.1, -0.05) is 6.08 Å². The third-order valence-electron chi connectivity index (χ3n) is 1.18. The molecule has 0 aromatic carbocycles. The van der Waals surface area contributed by atoms with Crippen LogP contribution in [0.1, 0.15) is 13.8 Å². The van der Waals surface area contributed by atoms with Crippen molar-refractivity contribution in [2.24, 2.45) is 0 Å². The van der Waals surface area contributed by atoms with Gasteiger partial charge in [-0.3, -0.25) is 0 Å². The van der Waals surface area contributed by atoms with Crippen LogP contribution in [0.4, 0.5) is 0 Å². The van der Waals surface area contributed by atoms with E-state index in [0.29, 0.717) is 13.2 Å². The van der Waals surface area contributed by atoms with Gasteiger partial charge in [0.05, 0.1) is 0 Å². The topological polar surface area (TPSA) is 38.7 Å². The Kier molecular flexibility index (Phi) is 6.12. The van der Waals surface area contributed by atoms with Gasteiger partial charge in [0.1, 0.15) is 6.10 Å². The minimum absolute atomic E-state index is 0.523. The molecule has 0 bridgehead atoms. The lowest BCUT2D eigenvalue weighted by Crippen LogP contribution is -2.30. The zero-order valence-corrected chi connectivity index (χ0v) is 7.12. The fraction of sp³-hybridized carbons (Fsp3) is 0.750. The molecule has 0 saturated carbocycles. The highest BCUT2D eigenvalue weighted by Crippen LogP contribution is 2.02. The number of aliphatic hydroxyl groups excluding tert-OH is 1. The Bertz CT molecular complexity index is 97.5. The van der Waals surface area contributed by atoms with Gasteiger partial charge in [0.25, 0.3) is 0 Å². The summed E-state index contributed by atoms with van der Waals surface area (Å²) >= 11 is 0. The SMILES string of the molecule is C=C[C@H](O)C(OCC)OCC. The molecule has 1 N–H and O–H groups in total. The van der Waals surface area contributed by atoms with Crippen molar-refractivity contribution in [3.05, 3.63) is 12.7 Å². The standard InChI is InChI=1S/C8H16O3/c1-4-7(9)8(10-5-2)11-6-3/h4,7-9H,1,5-6H2,2-3H3/t7-/m0/s1. The molecule has 1 atom stereocenters. The van der Waals surface area contributed by atoms with Crippen molar-refractivity contribution in [3.8, 4) is 0 Å². The van der Waals surface area contributed by atoms with Gasteiger partial charge in [-0.25, -0.2) is 0 Å². The van der Waals surface area contributed by atoms with E-state index in [2.05, 4.69) is 6.58 Å². The Balaban J connectivity index is 3.75. The summed E-state index contributed by atoms with van der Waals surface area (Å²) in [5, 5.41) is 9.21. The first-order valence-corrected chi connectivity index (χ1v) is 3.80. The summed E-state index contributed by atoms with van der Waals surface area (Å²) in [6, 6.07) is 0. The molecule has 11 heavy (non-hydrogen) atoms. The maximum absolute atomic E-state index is 9.21. The third kappa shape index (κ3) is 4.14. The average molecular weight is 160 g/mol. The highest BCUT2D eigenvalue weighted by molar-refractivity contribution is 4.80. The molecular weight excluding hydrogens is 144 g/mol. The van der Waals surface area contributed by atoms with E-state index in [-0.39, 0.29) is 0 Å². The van der Waals surface area contributed by atoms with E-state index in [1.165, 1.54) is 6.08 Å². The van der Waals surface area contributed by atoms with Crippen molar-refractivity contribution in [2.75, 3.05) is 13.2 Å². The maximum atomic E-state index is 9.21. The van der Waals surface area contributed by atoms with Crippen molar-refractivity contribution >= 4 is 0 Å². The predicted molar refractivity (Wildman–Crippen MR) is 43.2 cm³/mol. The van der Waals surface area contributed by atoms with Crippen LogP contribution in [0.5, 0.6) is 0 Å². The normalized spacial score (nSPS) is 13.5. The van der Waals surface area contributed by atoms with Crippen LogP contribution in [-0.4, -0.2) is 30.7 Å². The number of ether oxygens (including phenoxy) is 2. The van der Waals surface area contributed by atoms with E-state index in [0.717, 1.165) is 0 Å². The smallest absolute Gasteiger partial charge is 0.186 e. The molecule has 0 rings (SSSR count). The first-order chi connectivity index (χ1) is 5.26. The second-order valence-electron chi connectivity index (χ2n) is 2.01. The lowest BCUT2D eigenvalue weighted by atomic mass is 10.3. The molecule has 0 aromatic rings. The average Bonchev–Trinajstić information content (AvgIpc) is 2.03. The monoisotopic (exact) mass is 160 g/mol. The second kappa shape index (κ2) is 6.34. The van der Waals surface area contributed by atoms with Gasteiger partial charge >= 0.3 is 0 Å². The highest BCUT2D eigenvalue weighted by Gasteiger charge is 2.15. The zero-order chi connectivity index (χ0) is 8.69. The number of hydrogen-bond acceptors (Lipinski definition) is 3. The van der Waals surface area contributed by atoms with Crippen LogP contribution in [0, 0.1) is 0 Å². The summed E-state index contributed by atoms with van der Waals surface area (Å²) in [5.74, 6) is 0. The predicted octanol–water partition coefficient (Wildman–Crippen LogP) is 0.932. The molecule has 0 fully saturated rings. The largest absolute Gasteiger partial charge is 0.384 e. The summed E-state index contributed by atoms with van der Waals surface area (Å²) in [6.45, 7) is 8.18. The van der Waals surface area contributed by atoms with Crippen molar-refractivity contribution in [3.63, 3.8) is 0 Å². The summed E-state index contributed by atoms with van der Waals surface area (Å²) in [5.41, 5.74) is 0. The Morgan fingerprint density at radius 3 is 2.09 bits per heavy atom.